The Kier molecular flexibility index (Phi) is 12.4. The van der Waals surface area contributed by atoms with Crippen LogP contribution in [-0.4, -0.2) is 112 Å². The van der Waals surface area contributed by atoms with E-state index in [4.69, 9.17) is 62.3 Å². The number of rotatable bonds is 0. The molecule has 77 heavy (non-hydrogen) atoms. The molecule has 8 aliphatic heterocycles. The fourth-order valence-corrected chi connectivity index (χ4v) is 16.7. The van der Waals surface area contributed by atoms with Crippen LogP contribution >= 0.6 is 58.0 Å². The van der Waals surface area contributed by atoms with Crippen LogP contribution in [0.15, 0.2) is 32.7 Å². The van der Waals surface area contributed by atoms with Gasteiger partial charge in [-0.1, -0.05) is 31.5 Å². The molecule has 1 aromatic carbocycles. The number of nitrogens with zero attached hydrogens (tertiary/aromatic N) is 12. The Morgan fingerprint density at radius 2 is 0.935 bits per heavy atom. The third-order valence-corrected chi connectivity index (χ3v) is 19.7. The number of nitriles is 3. The van der Waals surface area contributed by atoms with Gasteiger partial charge in [0.1, 0.15) is 92.4 Å². The standard InChI is InChI=1S/C33H32O9S5.C18N12/c1-14-17-16(4-3-5-34-17)26(43-14)27-20-21(38-9-8-37-20)30(45-27)31-24-25(42-13-12-41-24)33(47-31)32-23-22(39-10-11-40-23)29(46-32)28-19-18(15(2)44-28)35-6-7-36-19;1-22-16-9(6-21)27-12-10-11(26-8(5-20)7(4-19)25-10)14-15(13(12)28-16)30-18(24-3)17(23-2)29-14/h14-15,22-23H,3-13H2,1-2H3;/b27-26+,29-28+,31-30+,33-32+;. The average Bonchev–Trinajstić information content (AvgIpc) is 4.33. The maximum Gasteiger partial charge on any atom is 0.307 e. The Balaban J connectivity index is 0.000000163. The molecule has 0 spiro atoms. The highest BCUT2D eigenvalue weighted by molar-refractivity contribution is 8.13. The van der Waals surface area contributed by atoms with Crippen molar-refractivity contribution in [3.05, 3.63) is 102 Å². The lowest BCUT2D eigenvalue weighted by molar-refractivity contribution is -0.0949. The number of hydrogen-bond donors (Lipinski definition) is 0. The maximum absolute atomic E-state index is 9.30. The van der Waals surface area contributed by atoms with E-state index in [9.17, 15) is 15.8 Å². The SMILES string of the molecule is CC1S/C(=C2/S/C(=c3/s/c(=c4/s/c(=C5/SC(C)C6=C5CCCO6)c5c4OCCO5)c4c3OCCO4)C3OCCOC23)C2=C1OCCO2.[C-]#[N+]c1nc2c(nc1C#N)c1nc(C#N)c(C#N)nc1c1nc([N+]#[C-])c([N+]#[C-])nc21. The Bertz CT molecular complexity index is 3930. The van der Waals surface area contributed by atoms with Crippen molar-refractivity contribution >= 4 is 118 Å². The van der Waals surface area contributed by atoms with Crippen LogP contribution in [0.4, 0.5) is 17.5 Å². The van der Waals surface area contributed by atoms with E-state index in [0.717, 1.165) is 92.6 Å². The molecule has 4 atom stereocenters. The minimum atomic E-state index is -0.298. The van der Waals surface area contributed by atoms with Gasteiger partial charge < -0.3 is 57.2 Å². The van der Waals surface area contributed by atoms with E-state index >= 15 is 0 Å². The van der Waals surface area contributed by atoms with E-state index in [1.807, 2.05) is 11.8 Å². The van der Waals surface area contributed by atoms with Crippen molar-refractivity contribution in [2.75, 3.05) is 59.5 Å². The number of benzene rings is 1. The van der Waals surface area contributed by atoms with E-state index < -0.39 is 0 Å². The molecule has 380 valence electrons. The van der Waals surface area contributed by atoms with Crippen molar-refractivity contribution in [1.29, 1.82) is 15.8 Å². The van der Waals surface area contributed by atoms with E-state index in [1.54, 1.807) is 64.4 Å². The molecule has 14 rings (SSSR count). The third kappa shape index (κ3) is 7.82. The second-order valence-corrected chi connectivity index (χ2v) is 23.3. The van der Waals surface area contributed by atoms with Gasteiger partial charge in [0, 0.05) is 20.3 Å². The first-order valence-corrected chi connectivity index (χ1v) is 28.0. The molecule has 0 amide bonds. The normalized spacial score (nSPS) is 24.6. The van der Waals surface area contributed by atoms with Crippen molar-refractivity contribution in [1.82, 2.24) is 29.9 Å². The van der Waals surface area contributed by atoms with Gasteiger partial charge >= 0.3 is 5.82 Å². The summed E-state index contributed by atoms with van der Waals surface area (Å²) in [4.78, 5) is 38.9. The first kappa shape index (κ1) is 48.7. The van der Waals surface area contributed by atoms with Gasteiger partial charge in [0.25, 0.3) is 17.2 Å². The van der Waals surface area contributed by atoms with E-state index in [2.05, 4.69) is 58.3 Å². The summed E-state index contributed by atoms with van der Waals surface area (Å²) >= 11 is 8.77. The largest absolute Gasteiger partial charge is 0.496 e. The highest BCUT2D eigenvalue weighted by Crippen LogP contribution is 2.56. The summed E-state index contributed by atoms with van der Waals surface area (Å²) in [6, 6.07) is 5.29. The molecule has 6 aromatic rings. The summed E-state index contributed by atoms with van der Waals surface area (Å²) < 4.78 is 61.1. The first-order chi connectivity index (χ1) is 37.7. The summed E-state index contributed by atoms with van der Waals surface area (Å²) in [7, 11) is 0. The van der Waals surface area contributed by atoms with Gasteiger partial charge in [-0.3, -0.25) is 0 Å². The molecule has 0 aliphatic carbocycles. The van der Waals surface area contributed by atoms with Crippen molar-refractivity contribution < 1.29 is 42.6 Å². The lowest BCUT2D eigenvalue weighted by Gasteiger charge is -2.27. The smallest absolute Gasteiger partial charge is 0.307 e. The summed E-state index contributed by atoms with van der Waals surface area (Å²) in [6.07, 6.45) is 1.57. The Morgan fingerprint density at radius 3 is 1.52 bits per heavy atom. The zero-order chi connectivity index (χ0) is 52.6. The summed E-state index contributed by atoms with van der Waals surface area (Å²) in [6.45, 7) is 31.1. The fraction of sp³-hybridized carbons (Fsp3) is 0.333. The van der Waals surface area contributed by atoms with Crippen LogP contribution in [0.25, 0.3) is 57.4 Å². The molecule has 13 heterocycles. The summed E-state index contributed by atoms with van der Waals surface area (Å²) in [5.74, 6) is 5.16. The third-order valence-electron chi connectivity index (χ3n) is 13.0. The van der Waals surface area contributed by atoms with Gasteiger partial charge in [0.15, 0.2) is 51.6 Å². The van der Waals surface area contributed by atoms with Gasteiger partial charge in [-0.05, 0) is 26.7 Å². The molecule has 26 heteroatoms. The number of thioether (sulfide) groups is 3. The molecule has 0 bridgehead atoms. The average molecular weight is 1120 g/mol. The molecular formula is C51H32N12O9S5. The monoisotopic (exact) mass is 1120 g/mol. The van der Waals surface area contributed by atoms with Gasteiger partial charge in [-0.25, -0.2) is 15.0 Å². The number of fused-ring (bicyclic) bond motifs is 9. The molecule has 0 radical (unpaired) electrons. The van der Waals surface area contributed by atoms with Crippen LogP contribution in [0.1, 0.15) is 43.8 Å². The Hall–Kier alpha value is -7.89. The second kappa shape index (κ2) is 19.6. The molecule has 0 N–H and O–H groups in total. The summed E-state index contributed by atoms with van der Waals surface area (Å²) in [5.41, 5.74) is 0.462. The summed E-state index contributed by atoms with van der Waals surface area (Å²) in [5, 5.41) is 28.4. The number of aromatic nitrogens is 6. The second-order valence-electron chi connectivity index (χ2n) is 17.5. The fourth-order valence-electron chi connectivity index (χ4n) is 9.86. The molecule has 2 fully saturated rings. The van der Waals surface area contributed by atoms with Gasteiger partial charge in [-0.15, -0.1) is 61.1 Å². The highest BCUT2D eigenvalue weighted by atomic mass is 32.2. The first-order valence-electron chi connectivity index (χ1n) is 23.8. The van der Waals surface area contributed by atoms with Crippen molar-refractivity contribution in [2.45, 2.75) is 49.4 Å². The van der Waals surface area contributed by atoms with E-state index in [0.29, 0.717) is 52.9 Å². The Morgan fingerprint density at radius 1 is 0.481 bits per heavy atom. The van der Waals surface area contributed by atoms with Gasteiger partial charge in [-0.2, -0.15) is 15.8 Å². The topological polar surface area (TPSA) is 245 Å². The maximum atomic E-state index is 9.30. The lowest BCUT2D eigenvalue weighted by atomic mass is 10.1. The molecular weight excluding hydrogens is 1080 g/mol. The quantitative estimate of drug-likeness (QED) is 0.103. The minimum Gasteiger partial charge on any atom is -0.496 e. The molecule has 5 aromatic heterocycles. The van der Waals surface area contributed by atoms with Crippen LogP contribution in [0.2, 0.25) is 0 Å². The zero-order valence-electron chi connectivity index (χ0n) is 40.2. The molecule has 0 saturated carbocycles. The molecule has 8 aliphatic rings. The molecule has 4 unspecified atom stereocenters. The minimum absolute atomic E-state index is 0.000622. The van der Waals surface area contributed by atoms with Crippen molar-refractivity contribution in [2.24, 2.45) is 0 Å². The van der Waals surface area contributed by atoms with Crippen LogP contribution in [0.5, 0.6) is 23.0 Å². The van der Waals surface area contributed by atoms with E-state index in [-0.39, 0.29) is 90.3 Å². The Labute approximate surface area is 456 Å². The van der Waals surface area contributed by atoms with Crippen LogP contribution in [0.3, 0.4) is 0 Å². The van der Waals surface area contributed by atoms with Gasteiger partial charge in [0.2, 0.25) is 11.0 Å². The zero-order valence-corrected chi connectivity index (χ0v) is 44.3. The molecule has 2 saturated heterocycles. The van der Waals surface area contributed by atoms with Crippen molar-refractivity contribution in [3.8, 4) is 41.2 Å². The van der Waals surface area contributed by atoms with Crippen molar-refractivity contribution in [3.63, 3.8) is 0 Å². The lowest BCUT2D eigenvalue weighted by Crippen LogP contribution is -2.37. The van der Waals surface area contributed by atoms with Gasteiger partial charge in [0.05, 0.1) is 53.4 Å². The van der Waals surface area contributed by atoms with Crippen LogP contribution in [0, 0.1) is 62.8 Å². The van der Waals surface area contributed by atoms with Crippen LogP contribution in [-0.2, 0) is 23.7 Å². The molecule has 21 nitrogen and oxygen atoms in total. The number of ether oxygens (including phenoxy) is 9. The number of thiophene rings is 2. The predicted molar refractivity (Wildman–Crippen MR) is 282 cm³/mol. The van der Waals surface area contributed by atoms with E-state index in [1.165, 1.54) is 10.5 Å². The predicted octanol–water partition coefficient (Wildman–Crippen LogP) is 7.97. The van der Waals surface area contributed by atoms with Crippen LogP contribution < -0.4 is 28.0 Å². The number of hydrogen-bond acceptors (Lipinski definition) is 23. The highest BCUT2D eigenvalue weighted by Gasteiger charge is 2.47.